The molecule has 0 aromatic carbocycles. The molecule has 2 rings (SSSR count). The molecule has 0 spiro atoms. The fraction of sp³-hybridized carbons (Fsp3) is 0.400. The first-order valence-corrected chi connectivity index (χ1v) is 6.71. The number of aliphatic carboxylic acids is 1. The third kappa shape index (κ3) is 3.16. The number of pyridine rings is 1. The SMILES string of the molecule is O=C(O)Cc1cccc(NS(=O)(=O)C2CC2)n1. The number of hydrogen-bond acceptors (Lipinski definition) is 4. The van der Waals surface area contributed by atoms with Gasteiger partial charge in [-0.25, -0.2) is 13.4 Å². The first-order chi connectivity index (χ1) is 7.97. The predicted molar refractivity (Wildman–Crippen MR) is 61.1 cm³/mol. The lowest BCUT2D eigenvalue weighted by atomic mass is 10.3. The largest absolute Gasteiger partial charge is 0.481 e. The highest BCUT2D eigenvalue weighted by molar-refractivity contribution is 7.93. The zero-order valence-electron chi connectivity index (χ0n) is 8.96. The van der Waals surface area contributed by atoms with Crippen LogP contribution in [0.2, 0.25) is 0 Å². The van der Waals surface area contributed by atoms with Crippen LogP contribution in [0.1, 0.15) is 18.5 Å². The van der Waals surface area contributed by atoms with E-state index >= 15 is 0 Å². The Balaban J connectivity index is 2.13. The minimum atomic E-state index is -3.35. The Morgan fingerprint density at radius 3 is 2.76 bits per heavy atom. The standard InChI is InChI=1S/C10H12N2O4S/c13-10(14)6-7-2-1-3-9(11-7)12-17(15,16)8-4-5-8/h1-3,8H,4-6H2,(H,11,12)(H,13,14). The normalized spacial score (nSPS) is 15.5. The second-order valence-corrected chi connectivity index (χ2v) is 5.89. The maximum absolute atomic E-state index is 11.6. The fourth-order valence-electron chi connectivity index (χ4n) is 1.40. The number of nitrogens with zero attached hydrogens (tertiary/aromatic N) is 1. The number of sulfonamides is 1. The quantitative estimate of drug-likeness (QED) is 0.804. The van der Waals surface area contributed by atoms with Crippen molar-refractivity contribution in [3.8, 4) is 0 Å². The molecule has 1 aliphatic carbocycles. The average molecular weight is 256 g/mol. The first kappa shape index (κ1) is 11.8. The number of aromatic nitrogens is 1. The summed E-state index contributed by atoms with van der Waals surface area (Å²) < 4.78 is 25.6. The Morgan fingerprint density at radius 2 is 2.18 bits per heavy atom. The number of hydrogen-bond donors (Lipinski definition) is 2. The Hall–Kier alpha value is -1.63. The van der Waals surface area contributed by atoms with Crippen LogP contribution in [0, 0.1) is 0 Å². The number of rotatable bonds is 5. The van der Waals surface area contributed by atoms with E-state index in [1.807, 2.05) is 0 Å². The van der Waals surface area contributed by atoms with E-state index in [-0.39, 0.29) is 17.5 Å². The highest BCUT2D eigenvalue weighted by atomic mass is 32.2. The number of carboxylic acids is 1. The van der Waals surface area contributed by atoms with Crippen molar-refractivity contribution in [3.05, 3.63) is 23.9 Å². The summed E-state index contributed by atoms with van der Waals surface area (Å²) in [6.07, 6.45) is 1.12. The molecule has 0 unspecified atom stereocenters. The molecule has 0 bridgehead atoms. The van der Waals surface area contributed by atoms with Crippen LogP contribution in [0.25, 0.3) is 0 Å². The number of carbonyl (C=O) groups is 1. The molecule has 7 heteroatoms. The van der Waals surface area contributed by atoms with Gasteiger partial charge in [0.1, 0.15) is 5.82 Å². The molecule has 0 atom stereocenters. The van der Waals surface area contributed by atoms with E-state index in [9.17, 15) is 13.2 Å². The van der Waals surface area contributed by atoms with Gasteiger partial charge < -0.3 is 5.11 Å². The van der Waals surface area contributed by atoms with Crippen LogP contribution >= 0.6 is 0 Å². The fourth-order valence-corrected chi connectivity index (χ4v) is 2.73. The molecular formula is C10H12N2O4S. The molecule has 0 radical (unpaired) electrons. The maximum Gasteiger partial charge on any atom is 0.309 e. The molecule has 1 aromatic rings. The molecule has 1 aliphatic rings. The summed E-state index contributed by atoms with van der Waals surface area (Å²) in [4.78, 5) is 14.4. The van der Waals surface area contributed by atoms with Crippen molar-refractivity contribution < 1.29 is 18.3 Å². The second-order valence-electron chi connectivity index (χ2n) is 3.93. The average Bonchev–Trinajstić information content (AvgIpc) is 2.98. The van der Waals surface area contributed by atoms with E-state index in [4.69, 9.17) is 5.11 Å². The zero-order valence-corrected chi connectivity index (χ0v) is 9.77. The molecule has 6 nitrogen and oxygen atoms in total. The van der Waals surface area contributed by atoms with Crippen LogP contribution < -0.4 is 4.72 Å². The van der Waals surface area contributed by atoms with Gasteiger partial charge in [0, 0.05) is 0 Å². The molecule has 1 saturated carbocycles. The van der Waals surface area contributed by atoms with Crippen LogP contribution in [-0.2, 0) is 21.2 Å². The lowest BCUT2D eigenvalue weighted by molar-refractivity contribution is -0.136. The van der Waals surface area contributed by atoms with E-state index in [0.717, 1.165) is 0 Å². The van der Waals surface area contributed by atoms with E-state index in [1.165, 1.54) is 6.07 Å². The van der Waals surface area contributed by atoms with Gasteiger partial charge in [0.2, 0.25) is 10.0 Å². The maximum atomic E-state index is 11.6. The van der Waals surface area contributed by atoms with Crippen LogP contribution in [0.15, 0.2) is 18.2 Å². The van der Waals surface area contributed by atoms with Gasteiger partial charge in [-0.15, -0.1) is 0 Å². The Morgan fingerprint density at radius 1 is 1.47 bits per heavy atom. The molecule has 92 valence electrons. The van der Waals surface area contributed by atoms with Crippen molar-refractivity contribution >= 4 is 21.8 Å². The van der Waals surface area contributed by atoms with Gasteiger partial charge in [0.15, 0.2) is 0 Å². The first-order valence-electron chi connectivity index (χ1n) is 5.17. The summed E-state index contributed by atoms with van der Waals surface area (Å²) in [5.41, 5.74) is 0.327. The van der Waals surface area contributed by atoms with E-state index in [0.29, 0.717) is 18.5 Å². The van der Waals surface area contributed by atoms with Crippen LogP contribution in [0.4, 0.5) is 5.82 Å². The van der Waals surface area contributed by atoms with Crippen LogP contribution in [-0.4, -0.2) is 29.7 Å². The molecule has 1 heterocycles. The van der Waals surface area contributed by atoms with Gasteiger partial charge >= 0.3 is 5.97 Å². The van der Waals surface area contributed by atoms with Crippen molar-refractivity contribution in [1.29, 1.82) is 0 Å². The second kappa shape index (κ2) is 4.33. The molecule has 1 fully saturated rings. The third-order valence-corrected chi connectivity index (χ3v) is 4.19. The topological polar surface area (TPSA) is 96.4 Å². The number of anilines is 1. The Labute approximate surface area is 98.7 Å². The van der Waals surface area contributed by atoms with Crippen molar-refractivity contribution in [2.24, 2.45) is 0 Å². The zero-order chi connectivity index (χ0) is 12.5. The van der Waals surface area contributed by atoms with Crippen LogP contribution in [0.3, 0.4) is 0 Å². The minimum Gasteiger partial charge on any atom is -0.481 e. The summed E-state index contributed by atoms with van der Waals surface area (Å²) in [6.45, 7) is 0. The molecule has 0 aliphatic heterocycles. The van der Waals surface area contributed by atoms with Crippen LogP contribution in [0.5, 0.6) is 0 Å². The van der Waals surface area contributed by atoms with Crippen molar-refractivity contribution in [2.45, 2.75) is 24.5 Å². The molecule has 0 saturated heterocycles. The lowest BCUT2D eigenvalue weighted by Crippen LogP contribution is -2.18. The lowest BCUT2D eigenvalue weighted by Gasteiger charge is -2.06. The van der Waals surface area contributed by atoms with Gasteiger partial charge in [0.25, 0.3) is 0 Å². The molecular weight excluding hydrogens is 244 g/mol. The molecule has 1 aromatic heterocycles. The summed E-state index contributed by atoms with van der Waals surface area (Å²) in [5.74, 6) is -0.824. The van der Waals surface area contributed by atoms with E-state index in [2.05, 4.69) is 9.71 Å². The number of carboxylic acid groups (broad SMARTS) is 1. The Bertz CT molecular complexity index is 537. The summed E-state index contributed by atoms with van der Waals surface area (Å²) >= 11 is 0. The smallest absolute Gasteiger partial charge is 0.309 e. The molecule has 0 amide bonds. The monoisotopic (exact) mass is 256 g/mol. The Kier molecular flexibility index (Phi) is 3.01. The predicted octanol–water partition coefficient (Wildman–Crippen LogP) is 0.613. The van der Waals surface area contributed by atoms with Gasteiger partial charge in [-0.1, -0.05) is 6.07 Å². The van der Waals surface area contributed by atoms with Gasteiger partial charge in [-0.2, -0.15) is 0 Å². The van der Waals surface area contributed by atoms with Gasteiger partial charge in [-0.3, -0.25) is 9.52 Å². The molecule has 17 heavy (non-hydrogen) atoms. The highest BCUT2D eigenvalue weighted by Crippen LogP contribution is 2.29. The van der Waals surface area contributed by atoms with Crippen molar-refractivity contribution in [3.63, 3.8) is 0 Å². The third-order valence-electron chi connectivity index (χ3n) is 2.35. The highest BCUT2D eigenvalue weighted by Gasteiger charge is 2.35. The summed E-state index contributed by atoms with van der Waals surface area (Å²) in [6, 6.07) is 4.63. The minimum absolute atomic E-state index is 0.177. The summed E-state index contributed by atoms with van der Waals surface area (Å²) in [7, 11) is -3.35. The number of nitrogens with one attached hydrogen (secondary N) is 1. The van der Waals surface area contributed by atoms with E-state index in [1.54, 1.807) is 12.1 Å². The van der Waals surface area contributed by atoms with Crippen molar-refractivity contribution in [2.75, 3.05) is 4.72 Å². The van der Waals surface area contributed by atoms with Gasteiger partial charge in [-0.05, 0) is 25.0 Å². The van der Waals surface area contributed by atoms with Gasteiger partial charge in [0.05, 0.1) is 17.4 Å². The van der Waals surface area contributed by atoms with Crippen molar-refractivity contribution in [1.82, 2.24) is 4.98 Å². The molecule has 2 N–H and O–H groups in total. The van der Waals surface area contributed by atoms with E-state index < -0.39 is 16.0 Å². The summed E-state index contributed by atoms with van der Waals surface area (Å²) in [5, 5.41) is 8.28.